The molecule has 2 aromatic carbocycles. The first-order valence-corrected chi connectivity index (χ1v) is 6.49. The average Bonchev–Trinajstić information content (AvgIpc) is 2.51. The molecule has 0 saturated carbocycles. The number of aliphatic imine (C=N–C) groups is 2. The maximum atomic E-state index is 12.6. The van der Waals surface area contributed by atoms with E-state index in [4.69, 9.17) is 0 Å². The van der Waals surface area contributed by atoms with Crippen LogP contribution in [0, 0.1) is 13.8 Å². The third kappa shape index (κ3) is 2.96. The van der Waals surface area contributed by atoms with Gasteiger partial charge in [-0.1, -0.05) is 23.8 Å². The molecule has 0 aliphatic rings. The van der Waals surface area contributed by atoms with Crippen molar-refractivity contribution in [2.75, 3.05) is 0 Å². The van der Waals surface area contributed by atoms with Gasteiger partial charge in [-0.25, -0.2) is 9.59 Å². The monoisotopic (exact) mass is 292 g/mol. The largest absolute Gasteiger partial charge is 0.289 e. The zero-order valence-electron chi connectivity index (χ0n) is 12.1. The minimum Gasteiger partial charge on any atom is -0.289 e. The Bertz CT molecular complexity index is 843. The standard InChI is InChI=1S/C17H12N2O3/c1-11-4-3-5-13(8-11)17(22)14-6-7-15(18-9-20)12(2)16(14)19-10-21/h3-8H,1-2H3. The van der Waals surface area contributed by atoms with Gasteiger partial charge in [-0.05, 0) is 32.0 Å². The second-order valence-electron chi connectivity index (χ2n) is 4.71. The molecule has 2 aromatic rings. The van der Waals surface area contributed by atoms with Crippen LogP contribution in [0.5, 0.6) is 0 Å². The number of aryl methyl sites for hydroxylation is 1. The molecule has 0 amide bonds. The molecule has 0 fully saturated rings. The number of carbonyl (C=O) groups excluding carboxylic acids is 3. The lowest BCUT2D eigenvalue weighted by Gasteiger charge is -2.09. The fourth-order valence-corrected chi connectivity index (χ4v) is 2.17. The summed E-state index contributed by atoms with van der Waals surface area (Å²) in [6.45, 7) is 3.51. The number of isocyanates is 2. The molecular formula is C17H12N2O3. The summed E-state index contributed by atoms with van der Waals surface area (Å²) in [6, 6.07) is 10.1. The summed E-state index contributed by atoms with van der Waals surface area (Å²) in [5.41, 5.74) is 2.63. The van der Waals surface area contributed by atoms with E-state index in [1.54, 1.807) is 25.1 Å². The third-order valence-corrected chi connectivity index (χ3v) is 3.25. The Morgan fingerprint density at radius 1 is 1.00 bits per heavy atom. The van der Waals surface area contributed by atoms with Crippen molar-refractivity contribution >= 4 is 29.3 Å². The van der Waals surface area contributed by atoms with Crippen molar-refractivity contribution in [3.05, 3.63) is 58.7 Å². The highest BCUT2D eigenvalue weighted by Crippen LogP contribution is 2.33. The summed E-state index contributed by atoms with van der Waals surface area (Å²) in [5, 5.41) is 0. The highest BCUT2D eigenvalue weighted by molar-refractivity contribution is 6.12. The molecule has 0 aliphatic heterocycles. The average molecular weight is 292 g/mol. The third-order valence-electron chi connectivity index (χ3n) is 3.25. The Morgan fingerprint density at radius 3 is 2.36 bits per heavy atom. The molecule has 0 saturated heterocycles. The first-order chi connectivity index (χ1) is 10.6. The number of carbonyl (C=O) groups is 1. The Hall–Kier alpha value is -3.13. The second-order valence-corrected chi connectivity index (χ2v) is 4.71. The van der Waals surface area contributed by atoms with Gasteiger partial charge in [-0.15, -0.1) is 0 Å². The van der Waals surface area contributed by atoms with E-state index < -0.39 is 0 Å². The number of ketones is 1. The van der Waals surface area contributed by atoms with Gasteiger partial charge < -0.3 is 0 Å². The van der Waals surface area contributed by atoms with E-state index in [1.165, 1.54) is 24.3 Å². The molecule has 0 radical (unpaired) electrons. The molecular weight excluding hydrogens is 280 g/mol. The molecule has 0 aromatic heterocycles. The van der Waals surface area contributed by atoms with Crippen molar-refractivity contribution in [3.8, 4) is 0 Å². The van der Waals surface area contributed by atoms with E-state index in [0.717, 1.165) is 5.56 Å². The Balaban J connectivity index is 2.64. The van der Waals surface area contributed by atoms with Crippen LogP contribution >= 0.6 is 0 Å². The molecule has 5 heteroatoms. The molecule has 0 heterocycles. The minimum atomic E-state index is -0.262. The van der Waals surface area contributed by atoms with Crippen molar-refractivity contribution in [2.24, 2.45) is 9.98 Å². The molecule has 0 aliphatic carbocycles. The molecule has 0 N–H and O–H groups in total. The van der Waals surface area contributed by atoms with E-state index in [-0.39, 0.29) is 17.0 Å². The number of hydrogen-bond donors (Lipinski definition) is 0. The quantitative estimate of drug-likeness (QED) is 0.492. The summed E-state index contributed by atoms with van der Waals surface area (Å²) in [6.07, 6.45) is 2.87. The second kappa shape index (κ2) is 6.55. The maximum absolute atomic E-state index is 12.6. The van der Waals surface area contributed by atoms with E-state index in [9.17, 15) is 14.4 Å². The molecule has 0 atom stereocenters. The lowest BCUT2D eigenvalue weighted by molar-refractivity contribution is 0.103. The van der Waals surface area contributed by atoms with Gasteiger partial charge in [-0.2, -0.15) is 9.98 Å². The molecule has 2 rings (SSSR count). The molecule has 22 heavy (non-hydrogen) atoms. The van der Waals surface area contributed by atoms with Crippen LogP contribution in [0.4, 0.5) is 11.4 Å². The molecule has 0 spiro atoms. The predicted octanol–water partition coefficient (Wildman–Crippen LogP) is 3.47. The number of nitrogens with zero attached hydrogens (tertiary/aromatic N) is 2. The van der Waals surface area contributed by atoms with Crippen LogP contribution in [0.1, 0.15) is 27.0 Å². The van der Waals surface area contributed by atoms with E-state index in [0.29, 0.717) is 16.8 Å². The van der Waals surface area contributed by atoms with Crippen molar-refractivity contribution in [1.29, 1.82) is 0 Å². The normalized spacial score (nSPS) is 9.55. The van der Waals surface area contributed by atoms with Crippen LogP contribution in [0.25, 0.3) is 0 Å². The predicted molar refractivity (Wildman–Crippen MR) is 81.4 cm³/mol. The van der Waals surface area contributed by atoms with Gasteiger partial charge in [0.1, 0.15) is 0 Å². The Morgan fingerprint density at radius 2 is 1.73 bits per heavy atom. The van der Waals surface area contributed by atoms with Gasteiger partial charge in [0, 0.05) is 16.7 Å². The maximum Gasteiger partial charge on any atom is 0.240 e. The number of rotatable bonds is 4. The highest BCUT2D eigenvalue weighted by atomic mass is 16.1. The molecule has 0 bridgehead atoms. The van der Waals surface area contributed by atoms with Crippen LogP contribution < -0.4 is 0 Å². The van der Waals surface area contributed by atoms with Gasteiger partial charge in [0.15, 0.2) is 5.78 Å². The van der Waals surface area contributed by atoms with Crippen LogP contribution in [-0.2, 0) is 9.59 Å². The van der Waals surface area contributed by atoms with Crippen molar-refractivity contribution < 1.29 is 14.4 Å². The topological polar surface area (TPSA) is 75.9 Å². The molecule has 108 valence electrons. The van der Waals surface area contributed by atoms with Gasteiger partial charge in [0.25, 0.3) is 0 Å². The zero-order chi connectivity index (χ0) is 16.1. The van der Waals surface area contributed by atoms with Crippen molar-refractivity contribution in [1.82, 2.24) is 0 Å². The summed E-state index contributed by atoms with van der Waals surface area (Å²) >= 11 is 0. The van der Waals surface area contributed by atoms with Gasteiger partial charge in [-0.3, -0.25) is 4.79 Å². The smallest absolute Gasteiger partial charge is 0.240 e. The molecule has 5 nitrogen and oxygen atoms in total. The van der Waals surface area contributed by atoms with Gasteiger partial charge in [0.05, 0.1) is 11.4 Å². The van der Waals surface area contributed by atoms with Crippen molar-refractivity contribution in [3.63, 3.8) is 0 Å². The van der Waals surface area contributed by atoms with Crippen LogP contribution in [0.2, 0.25) is 0 Å². The zero-order valence-corrected chi connectivity index (χ0v) is 12.1. The first-order valence-electron chi connectivity index (χ1n) is 6.49. The van der Waals surface area contributed by atoms with E-state index in [1.807, 2.05) is 13.0 Å². The van der Waals surface area contributed by atoms with Gasteiger partial charge in [0.2, 0.25) is 12.2 Å². The first kappa shape index (κ1) is 15.3. The van der Waals surface area contributed by atoms with Crippen molar-refractivity contribution in [2.45, 2.75) is 13.8 Å². The summed E-state index contributed by atoms with van der Waals surface area (Å²) in [4.78, 5) is 40.8. The SMILES string of the molecule is Cc1cccc(C(=O)c2ccc(N=C=O)c(C)c2N=C=O)c1. The van der Waals surface area contributed by atoms with Crippen LogP contribution in [0.15, 0.2) is 46.4 Å². The summed E-state index contributed by atoms with van der Waals surface area (Å²) < 4.78 is 0. The van der Waals surface area contributed by atoms with Crippen LogP contribution in [0.3, 0.4) is 0 Å². The van der Waals surface area contributed by atoms with E-state index >= 15 is 0 Å². The number of hydrogen-bond acceptors (Lipinski definition) is 5. The Labute approximate surface area is 127 Å². The number of benzene rings is 2. The fourth-order valence-electron chi connectivity index (χ4n) is 2.17. The lowest BCUT2D eigenvalue weighted by atomic mass is 9.97. The van der Waals surface area contributed by atoms with E-state index in [2.05, 4.69) is 9.98 Å². The lowest BCUT2D eigenvalue weighted by Crippen LogP contribution is -2.03. The Kier molecular flexibility index (Phi) is 4.54. The molecule has 0 unspecified atom stereocenters. The van der Waals surface area contributed by atoms with Crippen LogP contribution in [-0.4, -0.2) is 17.9 Å². The summed E-state index contributed by atoms with van der Waals surface area (Å²) in [7, 11) is 0. The summed E-state index contributed by atoms with van der Waals surface area (Å²) in [5.74, 6) is -0.262. The fraction of sp³-hybridized carbons (Fsp3) is 0.118. The van der Waals surface area contributed by atoms with Gasteiger partial charge >= 0.3 is 0 Å². The highest BCUT2D eigenvalue weighted by Gasteiger charge is 2.17. The minimum absolute atomic E-state index is 0.165.